The van der Waals surface area contributed by atoms with Crippen molar-refractivity contribution in [3.8, 4) is 0 Å². The van der Waals surface area contributed by atoms with Gasteiger partial charge in [-0.3, -0.25) is 0 Å². The molecule has 0 aromatic heterocycles. The summed E-state index contributed by atoms with van der Waals surface area (Å²) >= 11 is 0. The Bertz CT molecular complexity index is 3.90. The quantitative estimate of drug-likeness (QED) is 0.584. The number of hydrogen-bond donors (Lipinski definition) is 0. The molecule has 0 nitrogen and oxygen atoms in total. The Hall–Kier alpha value is 0.688. The summed E-state index contributed by atoms with van der Waals surface area (Å²) in [6.07, 6.45) is 1.25. The zero-order valence-corrected chi connectivity index (χ0v) is 7.76. The van der Waals surface area contributed by atoms with Gasteiger partial charge >= 0.3 is 0 Å². The third-order valence-electron chi connectivity index (χ3n) is 0. The summed E-state index contributed by atoms with van der Waals surface area (Å²) in [5.41, 5.74) is 0. The molecule has 0 aromatic carbocycles. The molecule has 1 heteroatoms. The molecule has 0 radical (unpaired) electrons. The maximum absolute atomic E-state index is 3.25. The molecule has 0 aliphatic heterocycles. The van der Waals surface area contributed by atoms with Gasteiger partial charge in [0.05, 0.1) is 0 Å². The summed E-state index contributed by atoms with van der Waals surface area (Å²) in [6.45, 7) is 9.25. The number of rotatable bonds is 0. The van der Waals surface area contributed by atoms with Gasteiger partial charge in [-0.25, -0.2) is 0 Å². The molecule has 0 saturated heterocycles. The second-order valence-electron chi connectivity index (χ2n) is 0.707. The van der Waals surface area contributed by atoms with Gasteiger partial charge in [0.1, 0.15) is 0 Å². The first-order valence-electron chi connectivity index (χ1n) is 2.12. The zero-order chi connectivity index (χ0) is 4.71. The molecule has 0 rings (SSSR count). The minimum atomic E-state index is 0. The van der Waals surface area contributed by atoms with E-state index in [1.807, 2.05) is 0 Å². The average Bonchev–Trinajstić information content (AvgIpc) is 1.46. The van der Waals surface area contributed by atoms with Crippen LogP contribution in [-0.2, 0) is 21.1 Å². The van der Waals surface area contributed by atoms with E-state index in [1.165, 1.54) is 6.42 Å². The van der Waals surface area contributed by atoms with E-state index in [2.05, 4.69) is 20.8 Å². The van der Waals surface area contributed by atoms with Crippen LogP contribution in [0.4, 0.5) is 0 Å². The normalized spacial score (nSPS) is 4.00. The van der Waals surface area contributed by atoms with Crippen molar-refractivity contribution in [1.82, 2.24) is 0 Å². The van der Waals surface area contributed by atoms with Crippen LogP contribution in [-0.4, -0.2) is 0 Å². The molecular formula is C5H13W-. The summed E-state index contributed by atoms with van der Waals surface area (Å²) in [5, 5.41) is 0. The van der Waals surface area contributed by atoms with E-state index >= 15 is 0 Å². The molecule has 0 amide bonds. The van der Waals surface area contributed by atoms with Crippen molar-refractivity contribution in [3.05, 3.63) is 6.92 Å². The topological polar surface area (TPSA) is 0 Å². The van der Waals surface area contributed by atoms with E-state index in [0.29, 0.717) is 0 Å². The summed E-state index contributed by atoms with van der Waals surface area (Å²) in [5.74, 6) is 0. The monoisotopic (exact) mass is 257 g/mol. The van der Waals surface area contributed by atoms with Crippen LogP contribution in [0.3, 0.4) is 0 Å². The first kappa shape index (κ1) is 15.9. The van der Waals surface area contributed by atoms with Crippen molar-refractivity contribution in [1.29, 1.82) is 0 Å². The Morgan fingerprint density at radius 1 is 1.17 bits per heavy atom. The van der Waals surface area contributed by atoms with Crippen LogP contribution in [0.15, 0.2) is 0 Å². The smallest absolute Gasteiger partial charge is 0 e. The predicted octanol–water partition coefficient (Wildman–Crippen LogP) is 2.25. The predicted molar refractivity (Wildman–Crippen MR) is 27.0 cm³/mol. The van der Waals surface area contributed by atoms with E-state index in [1.54, 1.807) is 6.92 Å². The van der Waals surface area contributed by atoms with Gasteiger partial charge in [0, 0.05) is 21.1 Å². The standard InChI is InChI=1S/C3H8.C2H5.W/c1-3-2;1-2;/h3H2,1-2H3;1H2,2H3;/q;-1;. The average molecular weight is 257 g/mol. The maximum Gasteiger partial charge on any atom is 0 e. The largest absolute Gasteiger partial charge is 0.346 e. The number of hydrogen-bond acceptors (Lipinski definition) is 0. The first-order valence-corrected chi connectivity index (χ1v) is 2.12. The Morgan fingerprint density at radius 2 is 1.17 bits per heavy atom. The van der Waals surface area contributed by atoms with E-state index in [9.17, 15) is 0 Å². The van der Waals surface area contributed by atoms with Gasteiger partial charge in [0.2, 0.25) is 0 Å². The van der Waals surface area contributed by atoms with Crippen molar-refractivity contribution in [3.63, 3.8) is 0 Å². The molecule has 0 heterocycles. The van der Waals surface area contributed by atoms with E-state index < -0.39 is 0 Å². The molecule has 0 aliphatic carbocycles. The fraction of sp³-hybridized carbons (Fsp3) is 0.800. The van der Waals surface area contributed by atoms with E-state index in [4.69, 9.17) is 0 Å². The van der Waals surface area contributed by atoms with Crippen molar-refractivity contribution in [2.24, 2.45) is 0 Å². The van der Waals surface area contributed by atoms with Gasteiger partial charge in [-0.05, 0) is 0 Å². The zero-order valence-electron chi connectivity index (χ0n) is 4.82. The maximum atomic E-state index is 3.25. The minimum absolute atomic E-state index is 0. The summed E-state index contributed by atoms with van der Waals surface area (Å²) in [7, 11) is 0. The van der Waals surface area contributed by atoms with Crippen LogP contribution in [0.2, 0.25) is 0 Å². The third-order valence-corrected chi connectivity index (χ3v) is 0. The van der Waals surface area contributed by atoms with Crippen molar-refractivity contribution in [2.45, 2.75) is 27.2 Å². The van der Waals surface area contributed by atoms with E-state index in [-0.39, 0.29) is 21.1 Å². The molecule has 0 unspecified atom stereocenters. The fourth-order valence-electron chi connectivity index (χ4n) is 0. The van der Waals surface area contributed by atoms with E-state index in [0.717, 1.165) is 0 Å². The van der Waals surface area contributed by atoms with Crippen LogP contribution in [0, 0.1) is 6.92 Å². The van der Waals surface area contributed by atoms with Crippen LogP contribution in [0.1, 0.15) is 27.2 Å². The summed E-state index contributed by atoms with van der Waals surface area (Å²) in [4.78, 5) is 0. The van der Waals surface area contributed by atoms with Crippen LogP contribution in [0.5, 0.6) is 0 Å². The molecule has 0 bridgehead atoms. The third kappa shape index (κ3) is 135. The second kappa shape index (κ2) is 43.9. The molecule has 0 aromatic rings. The molecule has 40 valence electrons. The summed E-state index contributed by atoms with van der Waals surface area (Å²) < 4.78 is 0. The fourth-order valence-corrected chi connectivity index (χ4v) is 0. The van der Waals surface area contributed by atoms with Crippen LogP contribution < -0.4 is 0 Å². The molecule has 0 atom stereocenters. The van der Waals surface area contributed by atoms with Crippen molar-refractivity contribution in [2.75, 3.05) is 0 Å². The second-order valence-corrected chi connectivity index (χ2v) is 0.707. The first-order chi connectivity index (χ1) is 2.41. The molecule has 0 N–H and O–H groups in total. The van der Waals surface area contributed by atoms with Crippen molar-refractivity contribution >= 4 is 0 Å². The molecular weight excluding hydrogens is 244 g/mol. The molecule has 0 spiro atoms. The molecule has 0 saturated carbocycles. The summed E-state index contributed by atoms with van der Waals surface area (Å²) in [6, 6.07) is 0. The van der Waals surface area contributed by atoms with Crippen LogP contribution in [0.25, 0.3) is 0 Å². The molecule has 0 aliphatic rings. The Labute approximate surface area is 55.6 Å². The van der Waals surface area contributed by atoms with Crippen molar-refractivity contribution < 1.29 is 21.1 Å². The van der Waals surface area contributed by atoms with Gasteiger partial charge in [-0.1, -0.05) is 20.3 Å². The van der Waals surface area contributed by atoms with Gasteiger partial charge in [0.15, 0.2) is 0 Å². The minimum Gasteiger partial charge on any atom is -0.346 e. The molecule has 0 fully saturated rings. The Kier molecular flexibility index (Phi) is 116. The molecule has 6 heavy (non-hydrogen) atoms. The Morgan fingerprint density at radius 3 is 1.17 bits per heavy atom. The Balaban J connectivity index is -0.0000000275. The van der Waals surface area contributed by atoms with Gasteiger partial charge in [0.25, 0.3) is 0 Å². The van der Waals surface area contributed by atoms with Gasteiger partial charge in [-0.2, -0.15) is 6.92 Å². The van der Waals surface area contributed by atoms with Gasteiger partial charge < -0.3 is 6.92 Å². The van der Waals surface area contributed by atoms with Crippen LogP contribution >= 0.6 is 0 Å². The van der Waals surface area contributed by atoms with Gasteiger partial charge in [-0.15, -0.1) is 0 Å². The SMILES string of the molecule is CCC.[CH2-]C.[W].